The van der Waals surface area contributed by atoms with Crippen LogP contribution in [0.2, 0.25) is 0 Å². The minimum atomic E-state index is 0.0753. The van der Waals surface area contributed by atoms with Gasteiger partial charge in [0.25, 0.3) is 0 Å². The van der Waals surface area contributed by atoms with Gasteiger partial charge in [0.1, 0.15) is 12.4 Å². The number of hydrogen-bond acceptors (Lipinski definition) is 4. The number of imidazole rings is 1. The molecular formula is C20H30N4OS. The zero-order valence-electron chi connectivity index (χ0n) is 15.7. The number of rotatable bonds is 8. The maximum Gasteiger partial charge on any atom is 0.240 e. The van der Waals surface area contributed by atoms with Gasteiger partial charge in [0.2, 0.25) is 5.91 Å². The fourth-order valence-electron chi connectivity index (χ4n) is 3.63. The van der Waals surface area contributed by atoms with Crippen molar-refractivity contribution in [2.45, 2.75) is 44.4 Å². The normalized spacial score (nSPS) is 15.9. The Balaban J connectivity index is 1.50. The lowest BCUT2D eigenvalue weighted by Crippen LogP contribution is -2.32. The highest BCUT2D eigenvalue weighted by molar-refractivity contribution is 7.97. The van der Waals surface area contributed by atoms with Crippen LogP contribution in [0.1, 0.15) is 37.9 Å². The van der Waals surface area contributed by atoms with E-state index >= 15 is 0 Å². The average Bonchev–Trinajstić information content (AvgIpc) is 2.82. The number of likely N-dealkylation sites (tertiary alicyclic amines) is 1. The Hall–Kier alpha value is -1.53. The second-order valence-electron chi connectivity index (χ2n) is 7.00. The highest BCUT2D eigenvalue weighted by Gasteiger charge is 2.13. The van der Waals surface area contributed by atoms with Gasteiger partial charge < -0.3 is 14.8 Å². The lowest BCUT2D eigenvalue weighted by atomic mass is 10.2. The third-order valence-electron chi connectivity index (χ3n) is 4.98. The van der Waals surface area contributed by atoms with Crippen molar-refractivity contribution >= 4 is 28.7 Å². The van der Waals surface area contributed by atoms with Crippen molar-refractivity contribution in [3.63, 3.8) is 0 Å². The van der Waals surface area contributed by atoms with Crippen molar-refractivity contribution < 1.29 is 4.79 Å². The Labute approximate surface area is 160 Å². The first-order chi connectivity index (χ1) is 12.8. The highest BCUT2D eigenvalue weighted by atomic mass is 32.2. The van der Waals surface area contributed by atoms with E-state index in [-0.39, 0.29) is 5.91 Å². The lowest BCUT2D eigenvalue weighted by Gasteiger charge is -2.19. The fourth-order valence-corrected chi connectivity index (χ4v) is 4.11. The smallest absolute Gasteiger partial charge is 0.240 e. The number of carbonyl (C=O) groups is 1. The van der Waals surface area contributed by atoms with E-state index in [1.165, 1.54) is 38.8 Å². The third-order valence-corrected chi connectivity index (χ3v) is 5.53. The summed E-state index contributed by atoms with van der Waals surface area (Å²) in [5.41, 5.74) is 2.00. The molecule has 1 fully saturated rings. The SMILES string of the molecule is CSCc1nc2ccccc2n1CC(=O)NCCCN1CCCCCC1. The molecule has 5 nitrogen and oxygen atoms in total. The van der Waals surface area contributed by atoms with E-state index < -0.39 is 0 Å². The molecule has 1 aliphatic rings. The zero-order chi connectivity index (χ0) is 18.2. The monoisotopic (exact) mass is 374 g/mol. The summed E-state index contributed by atoms with van der Waals surface area (Å²) in [6.45, 7) is 4.62. The molecule has 2 aromatic rings. The topological polar surface area (TPSA) is 50.2 Å². The van der Waals surface area contributed by atoms with Crippen LogP contribution < -0.4 is 5.32 Å². The molecule has 0 aliphatic carbocycles. The number of benzene rings is 1. The second kappa shape index (κ2) is 9.97. The van der Waals surface area contributed by atoms with Crippen LogP contribution in [0, 0.1) is 0 Å². The predicted molar refractivity (Wildman–Crippen MR) is 109 cm³/mol. The molecule has 2 heterocycles. The van der Waals surface area contributed by atoms with E-state index in [4.69, 9.17) is 0 Å². The summed E-state index contributed by atoms with van der Waals surface area (Å²) in [6.07, 6.45) is 8.45. The van der Waals surface area contributed by atoms with Crippen molar-refractivity contribution in [3.05, 3.63) is 30.1 Å². The minimum Gasteiger partial charge on any atom is -0.355 e. The van der Waals surface area contributed by atoms with Crippen LogP contribution in [-0.2, 0) is 17.1 Å². The van der Waals surface area contributed by atoms with Crippen molar-refractivity contribution in [2.24, 2.45) is 0 Å². The number of amides is 1. The van der Waals surface area contributed by atoms with Gasteiger partial charge in [-0.1, -0.05) is 25.0 Å². The van der Waals surface area contributed by atoms with Crippen molar-refractivity contribution in [3.8, 4) is 0 Å². The van der Waals surface area contributed by atoms with E-state index in [0.717, 1.165) is 42.1 Å². The van der Waals surface area contributed by atoms with Crippen molar-refractivity contribution in [1.82, 2.24) is 19.8 Å². The molecule has 1 saturated heterocycles. The zero-order valence-corrected chi connectivity index (χ0v) is 16.6. The van der Waals surface area contributed by atoms with Gasteiger partial charge in [0, 0.05) is 6.54 Å². The van der Waals surface area contributed by atoms with Crippen molar-refractivity contribution in [2.75, 3.05) is 32.4 Å². The molecule has 0 bridgehead atoms. The standard InChI is InChI=1S/C20H30N4OS/c1-26-16-19-22-17-9-4-5-10-18(17)24(19)15-20(25)21-11-8-14-23-12-6-2-3-7-13-23/h4-5,9-10H,2-3,6-8,11-16H2,1H3,(H,21,25). The lowest BCUT2D eigenvalue weighted by molar-refractivity contribution is -0.121. The van der Waals surface area contributed by atoms with Crippen LogP contribution in [0.5, 0.6) is 0 Å². The van der Waals surface area contributed by atoms with E-state index in [1.807, 2.05) is 24.3 Å². The van der Waals surface area contributed by atoms with E-state index in [9.17, 15) is 4.79 Å². The minimum absolute atomic E-state index is 0.0753. The van der Waals surface area contributed by atoms with Gasteiger partial charge in [-0.2, -0.15) is 11.8 Å². The Morgan fingerprint density at radius 1 is 1.19 bits per heavy atom. The Bertz CT molecular complexity index is 707. The molecule has 0 spiro atoms. The molecule has 0 saturated carbocycles. The molecule has 26 heavy (non-hydrogen) atoms. The number of nitrogens with one attached hydrogen (secondary N) is 1. The van der Waals surface area contributed by atoms with Gasteiger partial charge in [-0.25, -0.2) is 4.98 Å². The quantitative estimate of drug-likeness (QED) is 0.721. The van der Waals surface area contributed by atoms with Gasteiger partial charge in [0.05, 0.1) is 16.8 Å². The molecule has 1 N–H and O–H groups in total. The Kier molecular flexibility index (Phi) is 7.38. The van der Waals surface area contributed by atoms with E-state index in [1.54, 1.807) is 11.8 Å². The van der Waals surface area contributed by atoms with Gasteiger partial charge in [0.15, 0.2) is 0 Å². The molecule has 0 unspecified atom stereocenters. The average molecular weight is 375 g/mol. The summed E-state index contributed by atoms with van der Waals surface area (Å²) in [5, 5.41) is 3.09. The van der Waals surface area contributed by atoms with Gasteiger partial charge in [-0.05, 0) is 57.3 Å². The number of thioether (sulfide) groups is 1. The molecule has 1 aromatic carbocycles. The van der Waals surface area contributed by atoms with Crippen LogP contribution in [0.15, 0.2) is 24.3 Å². The van der Waals surface area contributed by atoms with Crippen LogP contribution in [0.4, 0.5) is 0 Å². The van der Waals surface area contributed by atoms with E-state index in [2.05, 4.69) is 26.0 Å². The highest BCUT2D eigenvalue weighted by Crippen LogP contribution is 2.18. The molecular weight excluding hydrogens is 344 g/mol. The molecule has 6 heteroatoms. The number of nitrogens with zero attached hydrogens (tertiary/aromatic N) is 3. The summed E-state index contributed by atoms with van der Waals surface area (Å²) in [4.78, 5) is 19.7. The maximum absolute atomic E-state index is 12.4. The molecule has 3 rings (SSSR count). The molecule has 1 amide bonds. The van der Waals surface area contributed by atoms with Crippen LogP contribution >= 0.6 is 11.8 Å². The van der Waals surface area contributed by atoms with Gasteiger partial charge in [-0.15, -0.1) is 0 Å². The van der Waals surface area contributed by atoms with E-state index in [0.29, 0.717) is 6.54 Å². The van der Waals surface area contributed by atoms with Gasteiger partial charge >= 0.3 is 0 Å². The predicted octanol–water partition coefficient (Wildman–Crippen LogP) is 3.28. The number of para-hydroxylation sites is 2. The summed E-state index contributed by atoms with van der Waals surface area (Å²) in [5.74, 6) is 1.86. The second-order valence-corrected chi connectivity index (χ2v) is 7.86. The Morgan fingerprint density at radius 3 is 2.73 bits per heavy atom. The summed E-state index contributed by atoms with van der Waals surface area (Å²) >= 11 is 1.73. The largest absolute Gasteiger partial charge is 0.355 e. The molecule has 1 aliphatic heterocycles. The first-order valence-electron chi connectivity index (χ1n) is 9.70. The number of carbonyl (C=O) groups excluding carboxylic acids is 1. The van der Waals surface area contributed by atoms with Gasteiger partial charge in [-0.3, -0.25) is 4.79 Å². The third kappa shape index (κ3) is 5.24. The first kappa shape index (κ1) is 19.2. The fraction of sp³-hybridized carbons (Fsp3) is 0.600. The van der Waals surface area contributed by atoms with Crippen molar-refractivity contribution in [1.29, 1.82) is 0 Å². The summed E-state index contributed by atoms with van der Waals surface area (Å²) < 4.78 is 2.05. The number of fused-ring (bicyclic) bond motifs is 1. The first-order valence-corrected chi connectivity index (χ1v) is 11.1. The molecule has 1 aromatic heterocycles. The van der Waals surface area contributed by atoms with Crippen LogP contribution in [0.3, 0.4) is 0 Å². The Morgan fingerprint density at radius 2 is 1.96 bits per heavy atom. The molecule has 142 valence electrons. The summed E-state index contributed by atoms with van der Waals surface area (Å²) in [7, 11) is 0. The number of aromatic nitrogens is 2. The number of hydrogen-bond donors (Lipinski definition) is 1. The summed E-state index contributed by atoms with van der Waals surface area (Å²) in [6, 6.07) is 8.04. The molecule has 0 atom stereocenters. The van der Waals surface area contributed by atoms with Crippen LogP contribution in [-0.4, -0.2) is 52.8 Å². The molecule has 0 radical (unpaired) electrons. The van der Waals surface area contributed by atoms with Crippen LogP contribution in [0.25, 0.3) is 11.0 Å². The maximum atomic E-state index is 12.4.